The number of carbonyl (C=O) groups excluding carboxylic acids is 1. The molecule has 1 amide bonds. The number of ether oxygens (including phenoxy) is 1. The number of amides is 1. The molecule has 1 aromatic carbocycles. The minimum absolute atomic E-state index is 0.0957. The van der Waals surface area contributed by atoms with Gasteiger partial charge in [-0.05, 0) is 25.1 Å². The Morgan fingerprint density at radius 2 is 2.19 bits per heavy atom. The number of nitrogens with zero attached hydrogens (tertiary/aromatic N) is 1. The van der Waals surface area contributed by atoms with Crippen molar-refractivity contribution in [2.24, 2.45) is 0 Å². The Bertz CT molecular complexity index is 649. The van der Waals surface area contributed by atoms with Crippen molar-refractivity contribution in [1.82, 2.24) is 9.62 Å². The molecule has 0 spiro atoms. The molecule has 1 N–H and O–H groups in total. The summed E-state index contributed by atoms with van der Waals surface area (Å²) in [5.41, 5.74) is -1.26. The van der Waals surface area contributed by atoms with E-state index in [9.17, 15) is 17.6 Å². The number of sulfonamides is 1. The molecule has 1 aromatic rings. The maximum atomic E-state index is 13.2. The van der Waals surface area contributed by atoms with Gasteiger partial charge in [0.25, 0.3) is 5.91 Å². The second-order valence-corrected chi connectivity index (χ2v) is 6.89. The zero-order chi connectivity index (χ0) is 15.7. The van der Waals surface area contributed by atoms with E-state index in [1.807, 2.05) is 0 Å². The van der Waals surface area contributed by atoms with E-state index in [0.29, 0.717) is 0 Å². The summed E-state index contributed by atoms with van der Waals surface area (Å²) >= 11 is 0. The van der Waals surface area contributed by atoms with E-state index in [-0.39, 0.29) is 24.6 Å². The molecule has 2 rings (SSSR count). The molecule has 116 valence electrons. The van der Waals surface area contributed by atoms with Gasteiger partial charge >= 0.3 is 0 Å². The first-order valence-corrected chi connectivity index (χ1v) is 7.85. The van der Waals surface area contributed by atoms with Gasteiger partial charge in [-0.1, -0.05) is 6.07 Å². The number of nitrogens with one attached hydrogen (secondary N) is 1. The number of hydrogen-bond donors (Lipinski definition) is 1. The molecular formula is C13H17FN2O4S. The summed E-state index contributed by atoms with van der Waals surface area (Å²) in [7, 11) is -2.41. The smallest absolute Gasteiger partial charge is 0.253 e. The van der Waals surface area contributed by atoms with E-state index in [4.69, 9.17) is 4.74 Å². The van der Waals surface area contributed by atoms with Crippen LogP contribution in [0.15, 0.2) is 29.2 Å². The predicted molar refractivity (Wildman–Crippen MR) is 73.6 cm³/mol. The molecule has 0 bridgehead atoms. The van der Waals surface area contributed by atoms with Crippen molar-refractivity contribution >= 4 is 15.9 Å². The van der Waals surface area contributed by atoms with Crippen LogP contribution in [0.5, 0.6) is 0 Å². The molecule has 1 atom stereocenters. The molecule has 1 aliphatic heterocycles. The van der Waals surface area contributed by atoms with Crippen LogP contribution in [0.3, 0.4) is 0 Å². The van der Waals surface area contributed by atoms with Crippen LogP contribution < -0.4 is 5.32 Å². The van der Waals surface area contributed by atoms with Gasteiger partial charge in [0.1, 0.15) is 5.82 Å². The lowest BCUT2D eigenvalue weighted by Crippen LogP contribution is -2.58. The molecule has 1 saturated heterocycles. The Morgan fingerprint density at radius 3 is 2.81 bits per heavy atom. The number of rotatable bonds is 3. The quantitative estimate of drug-likeness (QED) is 0.873. The van der Waals surface area contributed by atoms with Gasteiger partial charge in [-0.15, -0.1) is 0 Å². The lowest BCUT2D eigenvalue weighted by atomic mass is 10.0. The highest BCUT2D eigenvalue weighted by atomic mass is 32.2. The van der Waals surface area contributed by atoms with Crippen LogP contribution in [0, 0.1) is 5.82 Å². The first kappa shape index (κ1) is 15.9. The van der Waals surface area contributed by atoms with Crippen LogP contribution in [0.2, 0.25) is 0 Å². The Kier molecular flexibility index (Phi) is 4.31. The summed E-state index contributed by atoms with van der Waals surface area (Å²) in [6, 6.07) is 4.79. The molecule has 1 heterocycles. The largest absolute Gasteiger partial charge is 0.363 e. The Labute approximate surface area is 122 Å². The highest BCUT2D eigenvalue weighted by molar-refractivity contribution is 7.89. The van der Waals surface area contributed by atoms with Gasteiger partial charge in [-0.25, -0.2) is 12.8 Å². The summed E-state index contributed by atoms with van der Waals surface area (Å²) in [5, 5.41) is 2.45. The average molecular weight is 316 g/mol. The topological polar surface area (TPSA) is 75.7 Å². The molecule has 0 aromatic heterocycles. The summed E-state index contributed by atoms with van der Waals surface area (Å²) in [6.07, 6.45) is 0. The van der Waals surface area contributed by atoms with Crippen molar-refractivity contribution in [1.29, 1.82) is 0 Å². The molecule has 0 saturated carbocycles. The second-order valence-electron chi connectivity index (χ2n) is 4.95. The van der Waals surface area contributed by atoms with E-state index >= 15 is 0 Å². The zero-order valence-electron chi connectivity index (χ0n) is 11.8. The molecule has 0 aliphatic carbocycles. The highest BCUT2D eigenvalue weighted by Gasteiger charge is 2.42. The molecule has 1 aliphatic rings. The van der Waals surface area contributed by atoms with Crippen molar-refractivity contribution in [2.75, 3.05) is 26.7 Å². The van der Waals surface area contributed by atoms with Gasteiger partial charge in [0.05, 0.1) is 18.0 Å². The van der Waals surface area contributed by atoms with Crippen molar-refractivity contribution in [2.45, 2.75) is 17.4 Å². The van der Waals surface area contributed by atoms with Crippen LogP contribution in [0.1, 0.15) is 6.92 Å². The highest BCUT2D eigenvalue weighted by Crippen LogP contribution is 2.24. The first-order valence-electron chi connectivity index (χ1n) is 6.41. The van der Waals surface area contributed by atoms with Crippen molar-refractivity contribution in [3.63, 3.8) is 0 Å². The van der Waals surface area contributed by atoms with Crippen LogP contribution in [-0.4, -0.2) is 51.0 Å². The third-order valence-corrected chi connectivity index (χ3v) is 5.22. The van der Waals surface area contributed by atoms with E-state index in [1.54, 1.807) is 0 Å². The van der Waals surface area contributed by atoms with Crippen LogP contribution in [-0.2, 0) is 19.6 Å². The standard InChI is InChI=1S/C13H17FN2O4S/c1-13(12(17)15-2)9-16(6-7-20-13)21(18,19)11-5-3-4-10(14)8-11/h3-5,8H,6-7,9H2,1-2H3,(H,15,17). The Morgan fingerprint density at radius 1 is 1.48 bits per heavy atom. The summed E-state index contributed by atoms with van der Waals surface area (Å²) in [6.45, 7) is 1.62. The third kappa shape index (κ3) is 3.07. The van der Waals surface area contributed by atoms with Crippen molar-refractivity contribution in [3.05, 3.63) is 30.1 Å². The summed E-state index contributed by atoms with van der Waals surface area (Å²) in [4.78, 5) is 11.7. The van der Waals surface area contributed by atoms with Crippen molar-refractivity contribution < 1.29 is 22.3 Å². The molecule has 0 radical (unpaired) electrons. The van der Waals surface area contributed by atoms with Crippen LogP contribution >= 0.6 is 0 Å². The molecule has 8 heteroatoms. The Balaban J connectivity index is 2.31. The minimum Gasteiger partial charge on any atom is -0.363 e. The van der Waals surface area contributed by atoms with E-state index in [0.717, 1.165) is 10.4 Å². The number of halogens is 1. The normalized spacial score (nSPS) is 23.8. The fourth-order valence-corrected chi connectivity index (χ4v) is 3.76. The van der Waals surface area contributed by atoms with Gasteiger partial charge in [0.15, 0.2) is 5.60 Å². The van der Waals surface area contributed by atoms with Gasteiger partial charge in [-0.2, -0.15) is 4.31 Å². The van der Waals surface area contributed by atoms with Crippen molar-refractivity contribution in [3.8, 4) is 0 Å². The maximum Gasteiger partial charge on any atom is 0.253 e. The molecule has 1 unspecified atom stereocenters. The predicted octanol–water partition coefficient (Wildman–Crippen LogP) is 0.351. The van der Waals surface area contributed by atoms with Gasteiger partial charge in [0.2, 0.25) is 10.0 Å². The SMILES string of the molecule is CNC(=O)C1(C)CN(S(=O)(=O)c2cccc(F)c2)CCO1. The first-order chi connectivity index (χ1) is 9.79. The van der Waals surface area contributed by atoms with Crippen LogP contribution in [0.4, 0.5) is 4.39 Å². The number of hydrogen-bond acceptors (Lipinski definition) is 4. The summed E-state index contributed by atoms with van der Waals surface area (Å²) < 4.78 is 44.8. The third-order valence-electron chi connectivity index (χ3n) is 3.38. The van der Waals surface area contributed by atoms with Gasteiger partial charge < -0.3 is 10.1 Å². The van der Waals surface area contributed by atoms with E-state index in [1.165, 1.54) is 32.2 Å². The average Bonchev–Trinajstić information content (AvgIpc) is 2.46. The molecule has 6 nitrogen and oxygen atoms in total. The Hall–Kier alpha value is -1.51. The van der Waals surface area contributed by atoms with E-state index < -0.39 is 27.3 Å². The summed E-state index contributed by atoms with van der Waals surface area (Å²) in [5.74, 6) is -1.03. The number of benzene rings is 1. The van der Waals surface area contributed by atoms with Gasteiger partial charge in [-0.3, -0.25) is 4.79 Å². The van der Waals surface area contributed by atoms with Crippen LogP contribution in [0.25, 0.3) is 0 Å². The number of likely N-dealkylation sites (N-methyl/N-ethyl adjacent to an activating group) is 1. The number of morpholine rings is 1. The fraction of sp³-hybridized carbons (Fsp3) is 0.462. The fourth-order valence-electron chi connectivity index (χ4n) is 2.22. The second kappa shape index (κ2) is 5.70. The lowest BCUT2D eigenvalue weighted by Gasteiger charge is -2.38. The minimum atomic E-state index is -3.86. The molecule has 1 fully saturated rings. The molecule has 21 heavy (non-hydrogen) atoms. The van der Waals surface area contributed by atoms with Gasteiger partial charge in [0, 0.05) is 13.6 Å². The monoisotopic (exact) mass is 316 g/mol. The lowest BCUT2D eigenvalue weighted by molar-refractivity contribution is -0.151. The maximum absolute atomic E-state index is 13.2. The number of carbonyl (C=O) groups is 1. The molecular weight excluding hydrogens is 299 g/mol. The van der Waals surface area contributed by atoms with E-state index in [2.05, 4.69) is 5.32 Å². The zero-order valence-corrected chi connectivity index (χ0v) is 12.6.